The van der Waals surface area contributed by atoms with Crippen molar-refractivity contribution in [2.24, 2.45) is 5.92 Å². The van der Waals surface area contributed by atoms with Crippen LogP contribution < -0.4 is 0 Å². The van der Waals surface area contributed by atoms with E-state index in [1.54, 1.807) is 25.8 Å². The lowest BCUT2D eigenvalue weighted by atomic mass is 10.0. The highest BCUT2D eigenvalue weighted by Crippen LogP contribution is 2.20. The molecule has 0 saturated carbocycles. The molecule has 1 amide bonds. The van der Waals surface area contributed by atoms with E-state index in [1.807, 2.05) is 0 Å². The molecule has 0 N–H and O–H groups in total. The molecule has 80 valence electrons. The number of esters is 1. The summed E-state index contributed by atoms with van der Waals surface area (Å²) in [6, 6.07) is 0. The summed E-state index contributed by atoms with van der Waals surface area (Å²) in [4.78, 5) is 24.4. The molecular formula is C10H17NO3. The molecule has 0 spiro atoms. The van der Waals surface area contributed by atoms with Gasteiger partial charge < -0.3 is 9.64 Å². The maximum atomic E-state index is 11.4. The predicted molar refractivity (Wildman–Crippen MR) is 51.6 cm³/mol. The van der Waals surface area contributed by atoms with Crippen LogP contribution in [0, 0.1) is 5.92 Å². The van der Waals surface area contributed by atoms with Crippen molar-refractivity contribution in [3.05, 3.63) is 0 Å². The standard InChI is InChI=1S/C10H17NO3/c1-7(2)14-9(12)6-8-4-5-11(3)10(8)13/h7-8H,4-6H2,1-3H3. The lowest BCUT2D eigenvalue weighted by Crippen LogP contribution is -2.25. The summed E-state index contributed by atoms with van der Waals surface area (Å²) in [6.07, 6.45) is 0.890. The Labute approximate surface area is 84.2 Å². The van der Waals surface area contributed by atoms with Crippen LogP contribution in [-0.2, 0) is 14.3 Å². The normalized spacial score (nSPS) is 21.9. The summed E-state index contributed by atoms with van der Waals surface area (Å²) < 4.78 is 4.99. The first kappa shape index (κ1) is 11.0. The third-order valence-electron chi connectivity index (χ3n) is 2.32. The number of carbonyl (C=O) groups excluding carboxylic acids is 2. The summed E-state index contributed by atoms with van der Waals surface area (Å²) in [6.45, 7) is 4.36. The number of hydrogen-bond acceptors (Lipinski definition) is 3. The fraction of sp³-hybridized carbons (Fsp3) is 0.800. The molecule has 1 aliphatic heterocycles. The van der Waals surface area contributed by atoms with Crippen LogP contribution in [-0.4, -0.2) is 36.5 Å². The monoisotopic (exact) mass is 199 g/mol. The number of ether oxygens (including phenoxy) is 1. The second kappa shape index (κ2) is 4.44. The maximum Gasteiger partial charge on any atom is 0.306 e. The van der Waals surface area contributed by atoms with E-state index >= 15 is 0 Å². The molecule has 1 heterocycles. The summed E-state index contributed by atoms with van der Waals surface area (Å²) in [5, 5.41) is 0. The number of likely N-dealkylation sites (tertiary alicyclic amines) is 1. The number of hydrogen-bond donors (Lipinski definition) is 0. The van der Waals surface area contributed by atoms with Gasteiger partial charge in [0.25, 0.3) is 0 Å². The molecule has 4 nitrogen and oxygen atoms in total. The second-order valence-corrected chi connectivity index (χ2v) is 3.99. The SMILES string of the molecule is CC(C)OC(=O)CC1CCN(C)C1=O. The third kappa shape index (κ3) is 2.72. The lowest BCUT2D eigenvalue weighted by Gasteiger charge is -2.11. The molecule has 1 atom stereocenters. The van der Waals surface area contributed by atoms with Gasteiger partial charge in [-0.1, -0.05) is 0 Å². The molecular weight excluding hydrogens is 182 g/mol. The van der Waals surface area contributed by atoms with Gasteiger partial charge in [-0.25, -0.2) is 0 Å². The zero-order valence-electron chi connectivity index (χ0n) is 8.95. The van der Waals surface area contributed by atoms with E-state index in [2.05, 4.69) is 0 Å². The molecule has 0 aromatic rings. The fourth-order valence-electron chi connectivity index (χ4n) is 1.60. The first-order chi connectivity index (χ1) is 6.50. The van der Waals surface area contributed by atoms with Gasteiger partial charge in [-0.2, -0.15) is 0 Å². The average molecular weight is 199 g/mol. The molecule has 0 radical (unpaired) electrons. The van der Waals surface area contributed by atoms with Crippen molar-refractivity contribution in [3.8, 4) is 0 Å². The van der Waals surface area contributed by atoms with E-state index < -0.39 is 0 Å². The number of carbonyl (C=O) groups is 2. The molecule has 1 rings (SSSR count). The molecule has 1 aliphatic rings. The number of nitrogens with zero attached hydrogens (tertiary/aromatic N) is 1. The summed E-state index contributed by atoms with van der Waals surface area (Å²) >= 11 is 0. The van der Waals surface area contributed by atoms with Gasteiger partial charge in [0, 0.05) is 13.6 Å². The van der Waals surface area contributed by atoms with Gasteiger partial charge in [0.1, 0.15) is 0 Å². The van der Waals surface area contributed by atoms with Crippen LogP contribution in [0.15, 0.2) is 0 Å². The van der Waals surface area contributed by atoms with Crippen molar-refractivity contribution in [3.63, 3.8) is 0 Å². The third-order valence-corrected chi connectivity index (χ3v) is 2.32. The zero-order chi connectivity index (χ0) is 10.7. The largest absolute Gasteiger partial charge is 0.463 e. The predicted octanol–water partition coefficient (Wildman–Crippen LogP) is 0.806. The highest BCUT2D eigenvalue weighted by molar-refractivity contribution is 5.85. The Balaban J connectivity index is 2.38. The van der Waals surface area contributed by atoms with E-state index in [0.717, 1.165) is 13.0 Å². The Bertz CT molecular complexity index is 238. The van der Waals surface area contributed by atoms with Crippen molar-refractivity contribution in [1.82, 2.24) is 4.90 Å². The average Bonchev–Trinajstić information content (AvgIpc) is 2.34. The maximum absolute atomic E-state index is 11.4. The Hall–Kier alpha value is -1.06. The van der Waals surface area contributed by atoms with Crippen molar-refractivity contribution in [2.45, 2.75) is 32.8 Å². The highest BCUT2D eigenvalue weighted by Gasteiger charge is 2.31. The molecule has 0 aromatic carbocycles. The van der Waals surface area contributed by atoms with Gasteiger partial charge in [0.05, 0.1) is 18.4 Å². The second-order valence-electron chi connectivity index (χ2n) is 3.99. The Morgan fingerprint density at radius 3 is 2.71 bits per heavy atom. The minimum absolute atomic E-state index is 0.0608. The molecule has 4 heteroatoms. The fourth-order valence-corrected chi connectivity index (χ4v) is 1.60. The van der Waals surface area contributed by atoms with Crippen LogP contribution in [0.2, 0.25) is 0 Å². The van der Waals surface area contributed by atoms with Gasteiger partial charge >= 0.3 is 5.97 Å². The van der Waals surface area contributed by atoms with E-state index in [1.165, 1.54) is 0 Å². The van der Waals surface area contributed by atoms with Gasteiger partial charge in [-0.15, -0.1) is 0 Å². The van der Waals surface area contributed by atoms with E-state index in [-0.39, 0.29) is 30.3 Å². The zero-order valence-corrected chi connectivity index (χ0v) is 8.95. The lowest BCUT2D eigenvalue weighted by molar-refractivity contribution is -0.150. The van der Waals surface area contributed by atoms with Crippen LogP contribution in [0.25, 0.3) is 0 Å². The smallest absolute Gasteiger partial charge is 0.306 e. The topological polar surface area (TPSA) is 46.6 Å². The van der Waals surface area contributed by atoms with Crippen molar-refractivity contribution in [1.29, 1.82) is 0 Å². The van der Waals surface area contributed by atoms with E-state index in [9.17, 15) is 9.59 Å². The molecule has 0 aromatic heterocycles. The van der Waals surface area contributed by atoms with Gasteiger partial charge in [0.2, 0.25) is 5.91 Å². The minimum atomic E-state index is -0.270. The molecule has 0 aliphatic carbocycles. The summed E-state index contributed by atoms with van der Waals surface area (Å²) in [5.41, 5.74) is 0. The van der Waals surface area contributed by atoms with Gasteiger partial charge in [-0.3, -0.25) is 9.59 Å². The summed E-state index contributed by atoms with van der Waals surface area (Å²) in [5.74, 6) is -0.370. The van der Waals surface area contributed by atoms with Crippen molar-refractivity contribution >= 4 is 11.9 Å². The minimum Gasteiger partial charge on any atom is -0.463 e. The van der Waals surface area contributed by atoms with Gasteiger partial charge in [0.15, 0.2) is 0 Å². The first-order valence-corrected chi connectivity index (χ1v) is 4.95. The van der Waals surface area contributed by atoms with E-state index in [0.29, 0.717) is 0 Å². The van der Waals surface area contributed by atoms with Crippen LogP contribution in [0.1, 0.15) is 26.7 Å². The van der Waals surface area contributed by atoms with E-state index in [4.69, 9.17) is 4.74 Å². The molecule has 1 saturated heterocycles. The Morgan fingerprint density at radius 1 is 1.64 bits per heavy atom. The molecule has 1 fully saturated rings. The Morgan fingerprint density at radius 2 is 2.29 bits per heavy atom. The van der Waals surface area contributed by atoms with Crippen molar-refractivity contribution in [2.75, 3.05) is 13.6 Å². The molecule has 1 unspecified atom stereocenters. The van der Waals surface area contributed by atoms with Gasteiger partial charge in [-0.05, 0) is 20.3 Å². The molecule has 0 bridgehead atoms. The quantitative estimate of drug-likeness (QED) is 0.632. The van der Waals surface area contributed by atoms with Crippen molar-refractivity contribution < 1.29 is 14.3 Å². The number of rotatable bonds is 3. The first-order valence-electron chi connectivity index (χ1n) is 4.95. The number of amides is 1. The molecule has 14 heavy (non-hydrogen) atoms. The van der Waals surface area contributed by atoms with Crippen LogP contribution in [0.5, 0.6) is 0 Å². The van der Waals surface area contributed by atoms with Crippen LogP contribution >= 0.6 is 0 Å². The Kier molecular flexibility index (Phi) is 3.49. The summed E-state index contributed by atoms with van der Waals surface area (Å²) in [7, 11) is 1.76. The highest BCUT2D eigenvalue weighted by atomic mass is 16.5. The van der Waals surface area contributed by atoms with Crippen LogP contribution in [0.3, 0.4) is 0 Å². The van der Waals surface area contributed by atoms with Crippen LogP contribution in [0.4, 0.5) is 0 Å².